The third-order valence-electron chi connectivity index (χ3n) is 3.14. The molecule has 3 nitrogen and oxygen atoms in total. The molecule has 2 aromatic carbocycles. The van der Waals surface area contributed by atoms with Crippen LogP contribution in [0.25, 0.3) is 11.1 Å². The van der Waals surface area contributed by atoms with E-state index in [1.807, 2.05) is 12.1 Å². The number of ketones is 1. The Hall–Kier alpha value is -2.42. The van der Waals surface area contributed by atoms with Gasteiger partial charge in [-0.05, 0) is 42.7 Å². The first-order valence-corrected chi connectivity index (χ1v) is 5.95. The maximum atomic E-state index is 11.4. The lowest BCUT2D eigenvalue weighted by Gasteiger charge is -2.09. The summed E-state index contributed by atoms with van der Waals surface area (Å²) in [5.41, 5.74) is 3.30. The van der Waals surface area contributed by atoms with Crippen molar-refractivity contribution in [3.8, 4) is 11.1 Å². The molecular formula is C16H14O3. The number of carbonyl (C=O) groups is 2. The third-order valence-corrected chi connectivity index (χ3v) is 3.14. The molecule has 0 aliphatic carbocycles. The number of hydrogen-bond donors (Lipinski definition) is 1. The molecule has 3 heteroatoms. The standard InChI is InChI=1S/C16H14O3/c1-10-14(7-4-8-15(10)16(18)19)13-6-3-5-12(9-13)11(2)17/h3-9H,1-2H3,(H,18,19). The van der Waals surface area contributed by atoms with Gasteiger partial charge in [0.1, 0.15) is 0 Å². The fraction of sp³-hybridized carbons (Fsp3) is 0.125. The summed E-state index contributed by atoms with van der Waals surface area (Å²) in [4.78, 5) is 22.5. The molecule has 0 aliphatic heterocycles. The molecule has 0 bridgehead atoms. The van der Waals surface area contributed by atoms with Crippen molar-refractivity contribution in [1.29, 1.82) is 0 Å². The van der Waals surface area contributed by atoms with E-state index in [1.165, 1.54) is 6.92 Å². The van der Waals surface area contributed by atoms with E-state index in [9.17, 15) is 9.59 Å². The highest BCUT2D eigenvalue weighted by molar-refractivity contribution is 5.96. The normalized spacial score (nSPS) is 10.2. The Kier molecular flexibility index (Phi) is 3.47. The van der Waals surface area contributed by atoms with Crippen LogP contribution in [0.4, 0.5) is 0 Å². The predicted molar refractivity (Wildman–Crippen MR) is 73.6 cm³/mol. The van der Waals surface area contributed by atoms with Crippen LogP contribution in [0.2, 0.25) is 0 Å². The lowest BCUT2D eigenvalue weighted by molar-refractivity contribution is 0.0696. The van der Waals surface area contributed by atoms with Crippen LogP contribution in [0.1, 0.15) is 33.2 Å². The highest BCUT2D eigenvalue weighted by Crippen LogP contribution is 2.26. The minimum atomic E-state index is -0.943. The van der Waals surface area contributed by atoms with E-state index >= 15 is 0 Å². The Morgan fingerprint density at radius 3 is 2.37 bits per heavy atom. The van der Waals surface area contributed by atoms with E-state index in [2.05, 4.69) is 0 Å². The molecule has 0 fully saturated rings. The van der Waals surface area contributed by atoms with E-state index in [0.717, 1.165) is 11.1 Å². The Morgan fingerprint density at radius 2 is 1.74 bits per heavy atom. The number of Topliss-reactive ketones (excluding diaryl/α,β-unsaturated/α-hetero) is 1. The van der Waals surface area contributed by atoms with Crippen LogP contribution in [-0.2, 0) is 0 Å². The third kappa shape index (κ3) is 2.55. The van der Waals surface area contributed by atoms with Gasteiger partial charge in [-0.1, -0.05) is 30.3 Å². The molecule has 2 rings (SSSR count). The number of benzene rings is 2. The minimum Gasteiger partial charge on any atom is -0.478 e. The van der Waals surface area contributed by atoms with Gasteiger partial charge in [-0.3, -0.25) is 4.79 Å². The molecule has 0 aliphatic rings. The van der Waals surface area contributed by atoms with E-state index in [0.29, 0.717) is 11.1 Å². The highest BCUT2D eigenvalue weighted by Gasteiger charge is 2.11. The van der Waals surface area contributed by atoms with Crippen molar-refractivity contribution in [3.63, 3.8) is 0 Å². The van der Waals surface area contributed by atoms with Gasteiger partial charge in [0.2, 0.25) is 0 Å². The number of hydrogen-bond acceptors (Lipinski definition) is 2. The lowest BCUT2D eigenvalue weighted by atomic mass is 9.95. The van der Waals surface area contributed by atoms with Crippen LogP contribution < -0.4 is 0 Å². The maximum Gasteiger partial charge on any atom is 0.335 e. The maximum absolute atomic E-state index is 11.4. The van der Waals surface area contributed by atoms with Crippen LogP contribution in [0.5, 0.6) is 0 Å². The van der Waals surface area contributed by atoms with Crippen molar-refractivity contribution in [3.05, 3.63) is 59.2 Å². The topological polar surface area (TPSA) is 54.4 Å². The largest absolute Gasteiger partial charge is 0.478 e. The number of rotatable bonds is 3. The summed E-state index contributed by atoms with van der Waals surface area (Å²) >= 11 is 0. The molecule has 96 valence electrons. The van der Waals surface area contributed by atoms with Gasteiger partial charge in [-0.2, -0.15) is 0 Å². The van der Waals surface area contributed by atoms with Gasteiger partial charge in [0.25, 0.3) is 0 Å². The fourth-order valence-corrected chi connectivity index (χ4v) is 2.09. The average molecular weight is 254 g/mol. The monoisotopic (exact) mass is 254 g/mol. The quantitative estimate of drug-likeness (QED) is 0.852. The highest BCUT2D eigenvalue weighted by atomic mass is 16.4. The summed E-state index contributed by atoms with van der Waals surface area (Å²) < 4.78 is 0. The molecule has 19 heavy (non-hydrogen) atoms. The Bertz CT molecular complexity index is 657. The molecule has 0 amide bonds. The van der Waals surface area contributed by atoms with Crippen LogP contribution in [0, 0.1) is 6.92 Å². The Labute approximate surface area is 111 Å². The van der Waals surface area contributed by atoms with E-state index < -0.39 is 5.97 Å². The predicted octanol–water partition coefficient (Wildman–Crippen LogP) is 3.56. The Balaban J connectivity index is 2.59. The van der Waals surface area contributed by atoms with Crippen molar-refractivity contribution in [1.82, 2.24) is 0 Å². The zero-order chi connectivity index (χ0) is 14.0. The van der Waals surface area contributed by atoms with E-state index in [-0.39, 0.29) is 11.3 Å². The lowest BCUT2D eigenvalue weighted by Crippen LogP contribution is -2.01. The van der Waals surface area contributed by atoms with Crippen molar-refractivity contribution < 1.29 is 14.7 Å². The summed E-state index contributed by atoms with van der Waals surface area (Å²) in [5.74, 6) is -0.948. The molecule has 0 spiro atoms. The number of carboxylic acids is 1. The zero-order valence-electron chi connectivity index (χ0n) is 10.8. The smallest absolute Gasteiger partial charge is 0.335 e. The zero-order valence-corrected chi connectivity index (χ0v) is 10.8. The molecule has 0 unspecified atom stereocenters. The second kappa shape index (κ2) is 5.06. The first kappa shape index (κ1) is 13.0. The summed E-state index contributed by atoms with van der Waals surface area (Å²) in [6, 6.07) is 12.4. The van der Waals surface area contributed by atoms with Crippen molar-refractivity contribution in [2.75, 3.05) is 0 Å². The van der Waals surface area contributed by atoms with E-state index in [4.69, 9.17) is 5.11 Å². The fourth-order valence-electron chi connectivity index (χ4n) is 2.09. The molecule has 2 aromatic rings. The first-order chi connectivity index (χ1) is 9.00. The van der Waals surface area contributed by atoms with Gasteiger partial charge < -0.3 is 5.11 Å². The summed E-state index contributed by atoms with van der Waals surface area (Å²) in [6.45, 7) is 3.29. The second-order valence-corrected chi connectivity index (χ2v) is 4.42. The molecule has 0 atom stereocenters. The molecule has 0 aromatic heterocycles. The summed E-state index contributed by atoms with van der Waals surface area (Å²) in [6.07, 6.45) is 0. The summed E-state index contributed by atoms with van der Waals surface area (Å²) in [5, 5.41) is 9.13. The molecule has 0 saturated heterocycles. The van der Waals surface area contributed by atoms with Crippen LogP contribution in [-0.4, -0.2) is 16.9 Å². The number of carboxylic acid groups (broad SMARTS) is 1. The molecular weight excluding hydrogens is 240 g/mol. The molecule has 0 heterocycles. The van der Waals surface area contributed by atoms with Gasteiger partial charge in [0.15, 0.2) is 5.78 Å². The first-order valence-electron chi connectivity index (χ1n) is 5.95. The van der Waals surface area contributed by atoms with Crippen molar-refractivity contribution >= 4 is 11.8 Å². The second-order valence-electron chi connectivity index (χ2n) is 4.42. The minimum absolute atomic E-state index is 0.00566. The van der Waals surface area contributed by atoms with Gasteiger partial charge in [-0.15, -0.1) is 0 Å². The molecule has 0 saturated carbocycles. The molecule has 1 N–H and O–H groups in total. The van der Waals surface area contributed by atoms with Crippen molar-refractivity contribution in [2.45, 2.75) is 13.8 Å². The van der Waals surface area contributed by atoms with Gasteiger partial charge in [0.05, 0.1) is 5.56 Å². The van der Waals surface area contributed by atoms with Crippen LogP contribution in [0.15, 0.2) is 42.5 Å². The van der Waals surface area contributed by atoms with E-state index in [1.54, 1.807) is 37.3 Å². The van der Waals surface area contributed by atoms with Crippen molar-refractivity contribution in [2.24, 2.45) is 0 Å². The van der Waals surface area contributed by atoms with Gasteiger partial charge in [0, 0.05) is 5.56 Å². The number of carbonyl (C=O) groups excluding carboxylic acids is 1. The van der Waals surface area contributed by atoms with Gasteiger partial charge in [-0.25, -0.2) is 4.79 Å². The molecule has 0 radical (unpaired) electrons. The van der Waals surface area contributed by atoms with Crippen LogP contribution in [0.3, 0.4) is 0 Å². The SMILES string of the molecule is CC(=O)c1cccc(-c2cccc(C(=O)O)c2C)c1. The number of aromatic carboxylic acids is 1. The summed E-state index contributed by atoms with van der Waals surface area (Å²) in [7, 11) is 0. The Morgan fingerprint density at radius 1 is 1.05 bits per heavy atom. The van der Waals surface area contributed by atoms with Gasteiger partial charge >= 0.3 is 5.97 Å². The van der Waals surface area contributed by atoms with Crippen LogP contribution >= 0.6 is 0 Å². The average Bonchev–Trinajstić information content (AvgIpc) is 2.38.